The van der Waals surface area contributed by atoms with Gasteiger partial charge < -0.3 is 10.1 Å². The van der Waals surface area contributed by atoms with Crippen molar-refractivity contribution in [2.75, 3.05) is 5.32 Å². The molecular weight excluding hydrogens is 346 g/mol. The van der Waals surface area contributed by atoms with Crippen molar-refractivity contribution in [1.82, 2.24) is 0 Å². The van der Waals surface area contributed by atoms with Crippen LogP contribution < -0.4 is 5.32 Å². The molecule has 0 aliphatic carbocycles. The van der Waals surface area contributed by atoms with E-state index in [1.807, 2.05) is 79.7 Å². The van der Waals surface area contributed by atoms with Crippen LogP contribution in [0.5, 0.6) is 0 Å². The highest BCUT2D eigenvalue weighted by Crippen LogP contribution is 2.50. The van der Waals surface area contributed by atoms with Crippen LogP contribution in [0, 0.1) is 6.92 Å². The Morgan fingerprint density at radius 1 is 0.964 bits per heavy atom. The SMILES string of the molecule is Cc1ccc2c(c1)C(Cc1ccccc1)(C(CC=O)c1ccccc1)C(=O)N2. The first-order valence-electron chi connectivity index (χ1n) is 9.60. The van der Waals surface area contributed by atoms with Gasteiger partial charge in [0.15, 0.2) is 0 Å². The zero-order valence-electron chi connectivity index (χ0n) is 15.9. The average molecular weight is 369 g/mol. The van der Waals surface area contributed by atoms with Gasteiger partial charge in [0.1, 0.15) is 6.29 Å². The Kier molecular flexibility index (Phi) is 4.82. The molecule has 0 saturated carbocycles. The molecular formula is C25H23NO2. The van der Waals surface area contributed by atoms with Crippen molar-refractivity contribution in [2.45, 2.75) is 31.1 Å². The average Bonchev–Trinajstić information content (AvgIpc) is 2.99. The summed E-state index contributed by atoms with van der Waals surface area (Å²) in [6, 6.07) is 26.0. The molecule has 3 aromatic carbocycles. The zero-order valence-corrected chi connectivity index (χ0v) is 15.9. The Balaban J connectivity index is 1.96. The minimum absolute atomic E-state index is 0.0346. The van der Waals surface area contributed by atoms with E-state index in [2.05, 4.69) is 11.4 Å². The number of nitrogens with one attached hydrogen (secondary N) is 1. The number of carbonyl (C=O) groups is 2. The number of anilines is 1. The fourth-order valence-electron chi connectivity index (χ4n) is 4.46. The smallest absolute Gasteiger partial charge is 0.236 e. The second kappa shape index (κ2) is 7.43. The van der Waals surface area contributed by atoms with Crippen LogP contribution in [0.2, 0.25) is 0 Å². The number of rotatable bonds is 6. The van der Waals surface area contributed by atoms with Crippen LogP contribution in [-0.4, -0.2) is 12.2 Å². The molecule has 0 radical (unpaired) electrons. The number of hydrogen-bond donors (Lipinski definition) is 1. The van der Waals surface area contributed by atoms with Gasteiger partial charge in [-0.1, -0.05) is 78.4 Å². The minimum Gasteiger partial charge on any atom is -0.325 e. The lowest BCUT2D eigenvalue weighted by molar-refractivity contribution is -0.122. The molecule has 3 heteroatoms. The van der Waals surface area contributed by atoms with E-state index in [-0.39, 0.29) is 18.2 Å². The molecule has 0 spiro atoms. The van der Waals surface area contributed by atoms with E-state index in [1.54, 1.807) is 0 Å². The number of aryl methyl sites for hydroxylation is 1. The van der Waals surface area contributed by atoms with Gasteiger partial charge in [-0.15, -0.1) is 0 Å². The first-order valence-corrected chi connectivity index (χ1v) is 9.60. The van der Waals surface area contributed by atoms with Gasteiger partial charge in [0, 0.05) is 18.0 Å². The molecule has 4 rings (SSSR count). The largest absolute Gasteiger partial charge is 0.325 e. The van der Waals surface area contributed by atoms with E-state index in [9.17, 15) is 9.59 Å². The number of benzene rings is 3. The Bertz CT molecular complexity index is 998. The van der Waals surface area contributed by atoms with Crippen molar-refractivity contribution in [3.05, 3.63) is 101 Å². The monoisotopic (exact) mass is 369 g/mol. The lowest BCUT2D eigenvalue weighted by Gasteiger charge is -2.36. The maximum absolute atomic E-state index is 13.5. The van der Waals surface area contributed by atoms with Crippen LogP contribution in [-0.2, 0) is 21.4 Å². The predicted octanol–water partition coefficient (Wildman–Crippen LogP) is 4.80. The summed E-state index contributed by atoms with van der Waals surface area (Å²) >= 11 is 0. The van der Waals surface area contributed by atoms with Crippen LogP contribution in [0.4, 0.5) is 5.69 Å². The van der Waals surface area contributed by atoms with Gasteiger partial charge in [-0.05, 0) is 36.1 Å². The van der Waals surface area contributed by atoms with Crippen LogP contribution in [0.15, 0.2) is 78.9 Å². The Labute approximate surface area is 165 Å². The predicted molar refractivity (Wildman–Crippen MR) is 111 cm³/mol. The number of hydrogen-bond acceptors (Lipinski definition) is 2. The van der Waals surface area contributed by atoms with Crippen molar-refractivity contribution >= 4 is 17.9 Å². The number of aldehydes is 1. The lowest BCUT2D eigenvalue weighted by Crippen LogP contribution is -2.43. The highest BCUT2D eigenvalue weighted by atomic mass is 16.2. The second-order valence-electron chi connectivity index (χ2n) is 7.50. The van der Waals surface area contributed by atoms with Crippen molar-refractivity contribution in [2.24, 2.45) is 0 Å². The van der Waals surface area contributed by atoms with E-state index in [4.69, 9.17) is 0 Å². The summed E-state index contributed by atoms with van der Waals surface area (Å²) in [5.74, 6) is -0.276. The normalized spacial score (nSPS) is 19.0. The topological polar surface area (TPSA) is 46.2 Å². The van der Waals surface area contributed by atoms with Gasteiger partial charge in [-0.2, -0.15) is 0 Å². The summed E-state index contributed by atoms with van der Waals surface area (Å²) in [5.41, 5.74) is 4.19. The Morgan fingerprint density at radius 3 is 2.32 bits per heavy atom. The third-order valence-corrected chi connectivity index (χ3v) is 5.76. The van der Waals surface area contributed by atoms with E-state index in [1.165, 1.54) is 0 Å². The third-order valence-electron chi connectivity index (χ3n) is 5.76. The first-order chi connectivity index (χ1) is 13.6. The minimum atomic E-state index is -0.828. The molecule has 1 aliphatic heterocycles. The van der Waals surface area contributed by atoms with E-state index < -0.39 is 5.41 Å². The van der Waals surface area contributed by atoms with E-state index in [0.29, 0.717) is 6.42 Å². The highest BCUT2D eigenvalue weighted by molar-refractivity contribution is 6.07. The maximum Gasteiger partial charge on any atom is 0.236 e. The standard InChI is InChI=1S/C25H23NO2/c1-18-12-13-23-22(16-18)25(24(28)26-23,17-19-8-4-2-5-9-19)21(14-15-27)20-10-6-3-7-11-20/h2-13,15-16,21H,14,17H2,1H3,(H,26,28). The summed E-state index contributed by atoms with van der Waals surface area (Å²) in [4.78, 5) is 25.2. The van der Waals surface area contributed by atoms with Crippen molar-refractivity contribution in [3.63, 3.8) is 0 Å². The molecule has 3 aromatic rings. The lowest BCUT2D eigenvalue weighted by atomic mass is 9.64. The summed E-state index contributed by atoms with van der Waals surface area (Å²) in [6.07, 6.45) is 1.77. The molecule has 28 heavy (non-hydrogen) atoms. The molecule has 1 N–H and O–H groups in total. The first kappa shape index (κ1) is 18.2. The summed E-state index contributed by atoms with van der Waals surface area (Å²) in [5, 5.41) is 3.09. The van der Waals surface area contributed by atoms with Gasteiger partial charge in [-0.25, -0.2) is 0 Å². The molecule has 1 aliphatic rings. The molecule has 1 amide bonds. The van der Waals surface area contributed by atoms with Crippen LogP contribution in [0.25, 0.3) is 0 Å². The van der Waals surface area contributed by atoms with Gasteiger partial charge in [-0.3, -0.25) is 4.79 Å². The fraction of sp³-hybridized carbons (Fsp3) is 0.200. The van der Waals surface area contributed by atoms with Gasteiger partial charge in [0.05, 0.1) is 5.41 Å². The molecule has 1 heterocycles. The summed E-state index contributed by atoms with van der Waals surface area (Å²) < 4.78 is 0. The van der Waals surface area contributed by atoms with Crippen molar-refractivity contribution in [3.8, 4) is 0 Å². The molecule has 0 fully saturated rings. The van der Waals surface area contributed by atoms with Crippen LogP contribution in [0.1, 0.15) is 34.6 Å². The van der Waals surface area contributed by atoms with E-state index in [0.717, 1.165) is 34.2 Å². The van der Waals surface area contributed by atoms with E-state index >= 15 is 0 Å². The fourth-order valence-corrected chi connectivity index (χ4v) is 4.46. The maximum atomic E-state index is 13.5. The number of carbonyl (C=O) groups excluding carboxylic acids is 2. The molecule has 2 atom stereocenters. The Morgan fingerprint density at radius 2 is 1.64 bits per heavy atom. The quantitative estimate of drug-likeness (QED) is 0.635. The Hall–Kier alpha value is -3.20. The molecule has 3 nitrogen and oxygen atoms in total. The van der Waals surface area contributed by atoms with Gasteiger partial charge >= 0.3 is 0 Å². The molecule has 0 bridgehead atoms. The van der Waals surface area contributed by atoms with Crippen LogP contribution >= 0.6 is 0 Å². The third kappa shape index (κ3) is 3.03. The van der Waals surface area contributed by atoms with Crippen molar-refractivity contribution < 1.29 is 9.59 Å². The molecule has 2 unspecified atom stereocenters. The zero-order chi connectivity index (χ0) is 19.6. The van der Waals surface area contributed by atoms with Gasteiger partial charge in [0.2, 0.25) is 5.91 Å². The summed E-state index contributed by atoms with van der Waals surface area (Å²) in [7, 11) is 0. The molecule has 140 valence electrons. The summed E-state index contributed by atoms with van der Waals surface area (Å²) in [6.45, 7) is 2.04. The number of amides is 1. The highest BCUT2D eigenvalue weighted by Gasteiger charge is 2.52. The number of fused-ring (bicyclic) bond motifs is 1. The van der Waals surface area contributed by atoms with Gasteiger partial charge in [0.25, 0.3) is 0 Å². The second-order valence-corrected chi connectivity index (χ2v) is 7.50. The molecule has 0 saturated heterocycles. The van der Waals surface area contributed by atoms with Crippen LogP contribution in [0.3, 0.4) is 0 Å². The van der Waals surface area contributed by atoms with Crippen molar-refractivity contribution in [1.29, 1.82) is 0 Å². The molecule has 0 aromatic heterocycles.